The first-order valence-corrected chi connectivity index (χ1v) is 9.01. The molecule has 0 radical (unpaired) electrons. The molecular formula is C18H25F3N4O2. The highest BCUT2D eigenvalue weighted by Gasteiger charge is 2.27. The van der Waals surface area contributed by atoms with E-state index in [1.54, 1.807) is 6.92 Å². The second kappa shape index (κ2) is 9.70. The van der Waals surface area contributed by atoms with Gasteiger partial charge in [0, 0.05) is 32.7 Å². The summed E-state index contributed by atoms with van der Waals surface area (Å²) in [7, 11) is 0. The number of nitrogens with one attached hydrogen (secondary N) is 2. The van der Waals surface area contributed by atoms with Crippen molar-refractivity contribution in [3.05, 3.63) is 29.6 Å². The number of benzene rings is 1. The third-order valence-electron chi connectivity index (χ3n) is 4.57. The third kappa shape index (κ3) is 5.67. The number of carbonyl (C=O) groups excluding carboxylic acids is 2. The molecule has 1 aromatic rings. The van der Waals surface area contributed by atoms with Crippen molar-refractivity contribution in [1.82, 2.24) is 15.1 Å². The molecule has 0 aromatic heterocycles. The van der Waals surface area contributed by atoms with Crippen molar-refractivity contribution in [3.8, 4) is 0 Å². The van der Waals surface area contributed by atoms with E-state index in [0.717, 1.165) is 18.6 Å². The summed E-state index contributed by atoms with van der Waals surface area (Å²) in [5.41, 5.74) is -0.392. The molecular weight excluding hydrogens is 361 g/mol. The topological polar surface area (TPSA) is 64.7 Å². The minimum atomic E-state index is -1.62. The molecule has 2 amide bonds. The third-order valence-corrected chi connectivity index (χ3v) is 4.57. The first-order valence-electron chi connectivity index (χ1n) is 9.01. The Kier molecular flexibility index (Phi) is 7.61. The number of hydrogen-bond donors (Lipinski definition) is 2. The monoisotopic (exact) mass is 386 g/mol. The minimum absolute atomic E-state index is 0.0232. The predicted octanol–water partition coefficient (Wildman–Crippen LogP) is 1.57. The number of anilines is 1. The molecule has 0 aliphatic carbocycles. The van der Waals surface area contributed by atoms with E-state index in [-0.39, 0.29) is 5.91 Å². The SMILES string of the molecule is CCCNC(=O)CN1CCN([C@@H](C)C(=O)Nc2ccc(F)c(F)c2F)CC1. The van der Waals surface area contributed by atoms with Gasteiger partial charge in [0.2, 0.25) is 11.8 Å². The summed E-state index contributed by atoms with van der Waals surface area (Å²) in [6.45, 7) is 6.98. The zero-order valence-electron chi connectivity index (χ0n) is 15.5. The van der Waals surface area contributed by atoms with Gasteiger partial charge in [-0.05, 0) is 25.5 Å². The van der Waals surface area contributed by atoms with Crippen LogP contribution < -0.4 is 10.6 Å². The Bertz CT molecular complexity index is 679. The molecule has 1 aromatic carbocycles. The molecule has 1 aliphatic rings. The van der Waals surface area contributed by atoms with Gasteiger partial charge < -0.3 is 10.6 Å². The molecule has 0 spiro atoms. The highest BCUT2D eigenvalue weighted by molar-refractivity contribution is 5.94. The van der Waals surface area contributed by atoms with E-state index in [2.05, 4.69) is 10.6 Å². The largest absolute Gasteiger partial charge is 0.355 e. The van der Waals surface area contributed by atoms with Gasteiger partial charge in [-0.15, -0.1) is 0 Å². The van der Waals surface area contributed by atoms with E-state index >= 15 is 0 Å². The zero-order chi connectivity index (χ0) is 20.0. The average molecular weight is 386 g/mol. The van der Waals surface area contributed by atoms with Gasteiger partial charge in [0.15, 0.2) is 17.5 Å². The zero-order valence-corrected chi connectivity index (χ0v) is 15.5. The van der Waals surface area contributed by atoms with Crippen LogP contribution in [0.15, 0.2) is 12.1 Å². The fraction of sp³-hybridized carbons (Fsp3) is 0.556. The van der Waals surface area contributed by atoms with Crippen LogP contribution in [-0.2, 0) is 9.59 Å². The van der Waals surface area contributed by atoms with E-state index in [9.17, 15) is 22.8 Å². The summed E-state index contributed by atoms with van der Waals surface area (Å²) in [6.07, 6.45) is 0.880. The van der Waals surface area contributed by atoms with Gasteiger partial charge in [0.05, 0.1) is 18.3 Å². The van der Waals surface area contributed by atoms with E-state index in [1.807, 2.05) is 16.7 Å². The highest BCUT2D eigenvalue weighted by atomic mass is 19.2. The van der Waals surface area contributed by atoms with Crippen LogP contribution in [0, 0.1) is 17.5 Å². The number of carbonyl (C=O) groups is 2. The molecule has 1 aliphatic heterocycles. The van der Waals surface area contributed by atoms with Crippen LogP contribution in [-0.4, -0.2) is 66.9 Å². The maximum atomic E-state index is 13.7. The molecule has 150 valence electrons. The lowest BCUT2D eigenvalue weighted by Gasteiger charge is -2.37. The maximum Gasteiger partial charge on any atom is 0.241 e. The minimum Gasteiger partial charge on any atom is -0.355 e. The summed E-state index contributed by atoms with van der Waals surface area (Å²) in [5.74, 6) is -4.87. The predicted molar refractivity (Wildman–Crippen MR) is 95.7 cm³/mol. The van der Waals surface area contributed by atoms with Crippen molar-refractivity contribution in [2.75, 3.05) is 44.6 Å². The number of rotatable bonds is 7. The number of nitrogens with zero attached hydrogens (tertiary/aromatic N) is 2. The van der Waals surface area contributed by atoms with Crippen molar-refractivity contribution < 1.29 is 22.8 Å². The van der Waals surface area contributed by atoms with Crippen molar-refractivity contribution >= 4 is 17.5 Å². The normalized spacial score (nSPS) is 16.8. The van der Waals surface area contributed by atoms with Crippen LogP contribution in [0.5, 0.6) is 0 Å². The maximum absolute atomic E-state index is 13.7. The Hall–Kier alpha value is -2.13. The first kappa shape index (κ1) is 21.2. The Morgan fingerprint density at radius 1 is 1.11 bits per heavy atom. The lowest BCUT2D eigenvalue weighted by atomic mass is 10.2. The number of piperazine rings is 1. The van der Waals surface area contributed by atoms with Crippen LogP contribution in [0.2, 0.25) is 0 Å². The molecule has 0 bridgehead atoms. The molecule has 27 heavy (non-hydrogen) atoms. The van der Waals surface area contributed by atoms with E-state index in [4.69, 9.17) is 0 Å². The summed E-state index contributed by atoms with van der Waals surface area (Å²) < 4.78 is 39.9. The van der Waals surface area contributed by atoms with Crippen LogP contribution in [0.1, 0.15) is 20.3 Å². The van der Waals surface area contributed by atoms with Crippen LogP contribution in [0.25, 0.3) is 0 Å². The average Bonchev–Trinajstić information content (AvgIpc) is 2.66. The molecule has 1 atom stereocenters. The molecule has 2 rings (SSSR count). The fourth-order valence-corrected chi connectivity index (χ4v) is 2.86. The molecule has 1 heterocycles. The summed E-state index contributed by atoms with van der Waals surface area (Å²) in [5, 5.41) is 5.12. The van der Waals surface area contributed by atoms with E-state index in [0.29, 0.717) is 39.3 Å². The van der Waals surface area contributed by atoms with Gasteiger partial charge in [0.25, 0.3) is 0 Å². The summed E-state index contributed by atoms with van der Waals surface area (Å²) >= 11 is 0. The molecule has 0 saturated carbocycles. The van der Waals surface area contributed by atoms with Crippen LogP contribution >= 0.6 is 0 Å². The number of amides is 2. The van der Waals surface area contributed by atoms with Crippen molar-refractivity contribution in [2.45, 2.75) is 26.3 Å². The fourth-order valence-electron chi connectivity index (χ4n) is 2.86. The summed E-state index contributed by atoms with van der Waals surface area (Å²) in [4.78, 5) is 28.0. The molecule has 6 nitrogen and oxygen atoms in total. The molecule has 2 N–H and O–H groups in total. The Morgan fingerprint density at radius 3 is 2.41 bits per heavy atom. The number of hydrogen-bond acceptors (Lipinski definition) is 4. The molecule has 1 fully saturated rings. The van der Waals surface area contributed by atoms with Gasteiger partial charge in [0.1, 0.15) is 0 Å². The van der Waals surface area contributed by atoms with E-state index in [1.165, 1.54) is 0 Å². The van der Waals surface area contributed by atoms with Gasteiger partial charge in [-0.1, -0.05) is 6.92 Å². The lowest BCUT2D eigenvalue weighted by molar-refractivity contribution is -0.124. The Labute approximate surface area is 156 Å². The van der Waals surface area contributed by atoms with Gasteiger partial charge in [-0.3, -0.25) is 19.4 Å². The number of halogens is 3. The highest BCUT2D eigenvalue weighted by Crippen LogP contribution is 2.20. The van der Waals surface area contributed by atoms with Crippen molar-refractivity contribution in [2.24, 2.45) is 0 Å². The quantitative estimate of drug-likeness (QED) is 0.699. The van der Waals surface area contributed by atoms with Crippen molar-refractivity contribution in [1.29, 1.82) is 0 Å². The van der Waals surface area contributed by atoms with Gasteiger partial charge in [-0.2, -0.15) is 0 Å². The Morgan fingerprint density at radius 2 is 1.78 bits per heavy atom. The van der Waals surface area contributed by atoms with Crippen LogP contribution in [0.4, 0.5) is 18.9 Å². The smallest absolute Gasteiger partial charge is 0.241 e. The second-order valence-corrected chi connectivity index (χ2v) is 6.55. The van der Waals surface area contributed by atoms with Crippen molar-refractivity contribution in [3.63, 3.8) is 0 Å². The van der Waals surface area contributed by atoms with E-state index < -0.39 is 35.1 Å². The van der Waals surface area contributed by atoms with Gasteiger partial charge in [-0.25, -0.2) is 13.2 Å². The van der Waals surface area contributed by atoms with Gasteiger partial charge >= 0.3 is 0 Å². The van der Waals surface area contributed by atoms with Crippen LogP contribution in [0.3, 0.4) is 0 Å². The standard InChI is InChI=1S/C18H25F3N4O2/c1-3-6-22-15(26)11-24-7-9-25(10-8-24)12(2)18(27)23-14-5-4-13(19)16(20)17(14)21/h4-5,12H,3,6-11H2,1-2H3,(H,22,26)(H,23,27)/t12-/m0/s1. The summed E-state index contributed by atoms with van der Waals surface area (Å²) in [6, 6.07) is 1.18. The lowest BCUT2D eigenvalue weighted by Crippen LogP contribution is -2.54. The molecule has 0 unspecified atom stereocenters. The molecule has 1 saturated heterocycles. The Balaban J connectivity index is 1.84. The molecule has 9 heteroatoms. The first-order chi connectivity index (χ1) is 12.8. The second-order valence-electron chi connectivity index (χ2n) is 6.55.